The van der Waals surface area contributed by atoms with E-state index in [0.29, 0.717) is 11.5 Å². The first-order valence-corrected chi connectivity index (χ1v) is 6.12. The molecule has 0 unspecified atom stereocenters. The number of hydrogen-bond donors (Lipinski definition) is 0. The SMILES string of the molecule is CC(C)c1ccc(=O)c2cc3ccccc3oc1-2. The van der Waals surface area contributed by atoms with Crippen molar-refractivity contribution in [2.75, 3.05) is 0 Å². The Morgan fingerprint density at radius 1 is 1.06 bits per heavy atom. The van der Waals surface area contributed by atoms with Crippen molar-refractivity contribution in [1.29, 1.82) is 0 Å². The Balaban J connectivity index is 2.48. The molecule has 0 N–H and O–H groups in total. The second kappa shape index (κ2) is 3.98. The molecular formula is C16H14O2. The number of rotatable bonds is 1. The van der Waals surface area contributed by atoms with Crippen LogP contribution in [-0.2, 0) is 0 Å². The fourth-order valence-corrected chi connectivity index (χ4v) is 2.26. The maximum atomic E-state index is 11.9. The molecule has 2 heteroatoms. The fourth-order valence-electron chi connectivity index (χ4n) is 2.26. The van der Waals surface area contributed by atoms with Crippen LogP contribution in [0.4, 0.5) is 0 Å². The third-order valence-electron chi connectivity index (χ3n) is 3.24. The Morgan fingerprint density at radius 2 is 1.83 bits per heavy atom. The van der Waals surface area contributed by atoms with Crippen LogP contribution >= 0.6 is 0 Å². The van der Waals surface area contributed by atoms with Crippen LogP contribution in [0.15, 0.2) is 51.7 Å². The largest absolute Gasteiger partial charge is 0.456 e. The van der Waals surface area contributed by atoms with Crippen LogP contribution in [0.3, 0.4) is 0 Å². The highest BCUT2D eigenvalue weighted by molar-refractivity contribution is 5.83. The maximum Gasteiger partial charge on any atom is 0.189 e. The van der Waals surface area contributed by atoms with Crippen molar-refractivity contribution < 1.29 is 4.42 Å². The molecule has 0 spiro atoms. The summed E-state index contributed by atoms with van der Waals surface area (Å²) >= 11 is 0. The van der Waals surface area contributed by atoms with Crippen LogP contribution in [0.1, 0.15) is 25.3 Å². The lowest BCUT2D eigenvalue weighted by Gasteiger charge is -2.13. The summed E-state index contributed by atoms with van der Waals surface area (Å²) in [5.41, 5.74) is 2.58. The lowest BCUT2D eigenvalue weighted by atomic mass is 9.95. The monoisotopic (exact) mass is 238 g/mol. The van der Waals surface area contributed by atoms with Gasteiger partial charge < -0.3 is 4.42 Å². The molecule has 0 bridgehead atoms. The normalized spacial score (nSPS) is 11.5. The van der Waals surface area contributed by atoms with Crippen LogP contribution in [-0.4, -0.2) is 0 Å². The minimum Gasteiger partial charge on any atom is -0.456 e. The van der Waals surface area contributed by atoms with Crippen LogP contribution < -0.4 is 5.43 Å². The number of para-hydroxylation sites is 1. The molecule has 0 saturated heterocycles. The fraction of sp³-hybridized carbons (Fsp3) is 0.188. The van der Waals surface area contributed by atoms with Crippen LogP contribution in [0.25, 0.3) is 22.3 Å². The first-order valence-electron chi connectivity index (χ1n) is 6.12. The molecule has 3 rings (SSSR count). The third kappa shape index (κ3) is 1.61. The van der Waals surface area contributed by atoms with Gasteiger partial charge in [-0.2, -0.15) is 0 Å². The summed E-state index contributed by atoms with van der Waals surface area (Å²) in [6, 6.07) is 13.2. The average Bonchev–Trinajstić information content (AvgIpc) is 2.37. The van der Waals surface area contributed by atoms with Gasteiger partial charge in [0.2, 0.25) is 0 Å². The summed E-state index contributed by atoms with van der Waals surface area (Å²) in [6.45, 7) is 4.20. The molecule has 2 aliphatic rings. The van der Waals surface area contributed by atoms with Gasteiger partial charge in [0, 0.05) is 5.39 Å². The summed E-state index contributed by atoms with van der Waals surface area (Å²) < 4.78 is 5.92. The molecule has 18 heavy (non-hydrogen) atoms. The van der Waals surface area contributed by atoms with E-state index < -0.39 is 0 Å². The lowest BCUT2D eigenvalue weighted by Crippen LogP contribution is -2.07. The summed E-state index contributed by atoms with van der Waals surface area (Å²) in [6.07, 6.45) is 0. The van der Waals surface area contributed by atoms with E-state index >= 15 is 0 Å². The van der Waals surface area contributed by atoms with Crippen molar-refractivity contribution >= 4 is 11.0 Å². The molecular weight excluding hydrogens is 224 g/mol. The topological polar surface area (TPSA) is 30.2 Å². The molecule has 1 aliphatic heterocycles. The predicted octanol–water partition coefficient (Wildman–Crippen LogP) is 4.02. The summed E-state index contributed by atoms with van der Waals surface area (Å²) in [7, 11) is 0. The molecule has 1 aliphatic carbocycles. The molecule has 0 fully saturated rings. The first kappa shape index (κ1) is 11.0. The van der Waals surface area contributed by atoms with E-state index in [4.69, 9.17) is 4.42 Å². The Morgan fingerprint density at radius 3 is 2.61 bits per heavy atom. The van der Waals surface area contributed by atoms with E-state index in [1.807, 2.05) is 36.4 Å². The van der Waals surface area contributed by atoms with Gasteiger partial charge in [-0.15, -0.1) is 0 Å². The van der Waals surface area contributed by atoms with Crippen molar-refractivity contribution in [3.63, 3.8) is 0 Å². The highest BCUT2D eigenvalue weighted by atomic mass is 16.3. The van der Waals surface area contributed by atoms with Crippen molar-refractivity contribution in [3.05, 3.63) is 58.3 Å². The van der Waals surface area contributed by atoms with Crippen LogP contribution in [0, 0.1) is 0 Å². The Labute approximate surface area is 105 Å². The lowest BCUT2D eigenvalue weighted by molar-refractivity contribution is 0.605. The Kier molecular flexibility index (Phi) is 2.44. The van der Waals surface area contributed by atoms with Crippen molar-refractivity contribution in [2.24, 2.45) is 0 Å². The molecule has 1 aromatic carbocycles. The standard InChI is InChI=1S/C16H14O2/c1-10(2)12-7-8-14(17)13-9-11-5-3-4-6-15(11)18-16(12)13/h3-10H,1-2H3. The van der Waals surface area contributed by atoms with Gasteiger partial charge >= 0.3 is 0 Å². The van der Waals surface area contributed by atoms with Gasteiger partial charge in [-0.25, -0.2) is 0 Å². The number of fused-ring (bicyclic) bond motifs is 2. The third-order valence-corrected chi connectivity index (χ3v) is 3.24. The Bertz CT molecular complexity index is 738. The predicted molar refractivity (Wildman–Crippen MR) is 73.2 cm³/mol. The zero-order valence-corrected chi connectivity index (χ0v) is 10.4. The molecule has 0 saturated carbocycles. The van der Waals surface area contributed by atoms with E-state index in [1.54, 1.807) is 6.07 Å². The minimum absolute atomic E-state index is 0.0175. The number of benzene rings is 2. The van der Waals surface area contributed by atoms with Crippen LogP contribution in [0.5, 0.6) is 0 Å². The van der Waals surface area contributed by atoms with E-state index in [-0.39, 0.29) is 5.43 Å². The molecule has 1 aromatic rings. The molecule has 0 radical (unpaired) electrons. The Hall–Kier alpha value is -2.09. The molecule has 0 atom stereocenters. The van der Waals surface area contributed by atoms with Gasteiger partial charge in [0.25, 0.3) is 0 Å². The van der Waals surface area contributed by atoms with Gasteiger partial charge in [0.1, 0.15) is 11.3 Å². The van der Waals surface area contributed by atoms with Crippen LogP contribution in [0.2, 0.25) is 0 Å². The van der Waals surface area contributed by atoms with Crippen molar-refractivity contribution in [1.82, 2.24) is 0 Å². The highest BCUT2D eigenvalue weighted by Gasteiger charge is 2.16. The molecule has 0 amide bonds. The van der Waals surface area contributed by atoms with E-state index in [0.717, 1.165) is 22.3 Å². The van der Waals surface area contributed by atoms with Crippen molar-refractivity contribution in [3.8, 4) is 11.3 Å². The minimum atomic E-state index is 0.0175. The second-order valence-electron chi connectivity index (χ2n) is 4.83. The smallest absolute Gasteiger partial charge is 0.189 e. The van der Waals surface area contributed by atoms with E-state index in [1.165, 1.54) is 0 Å². The molecule has 1 heterocycles. The van der Waals surface area contributed by atoms with Gasteiger partial charge in [-0.3, -0.25) is 4.79 Å². The molecule has 90 valence electrons. The van der Waals surface area contributed by atoms with E-state index in [2.05, 4.69) is 13.8 Å². The van der Waals surface area contributed by atoms with Crippen molar-refractivity contribution in [2.45, 2.75) is 19.8 Å². The average molecular weight is 238 g/mol. The summed E-state index contributed by atoms with van der Waals surface area (Å²) in [5.74, 6) is 1.05. The second-order valence-corrected chi connectivity index (χ2v) is 4.83. The summed E-state index contributed by atoms with van der Waals surface area (Å²) in [4.78, 5) is 11.9. The van der Waals surface area contributed by atoms with Gasteiger partial charge in [-0.1, -0.05) is 38.1 Å². The van der Waals surface area contributed by atoms with Gasteiger partial charge in [0.05, 0.1) is 5.56 Å². The maximum absolute atomic E-state index is 11.9. The van der Waals surface area contributed by atoms with Gasteiger partial charge in [-0.05, 0) is 29.7 Å². The molecule has 2 nitrogen and oxygen atoms in total. The summed E-state index contributed by atoms with van der Waals surface area (Å²) in [5, 5.41) is 0.961. The van der Waals surface area contributed by atoms with Gasteiger partial charge in [0.15, 0.2) is 5.43 Å². The number of hydrogen-bond acceptors (Lipinski definition) is 2. The zero-order valence-electron chi connectivity index (χ0n) is 10.4. The molecule has 0 aromatic heterocycles. The quantitative estimate of drug-likeness (QED) is 0.599. The first-order chi connectivity index (χ1) is 8.66. The van der Waals surface area contributed by atoms with E-state index in [9.17, 15) is 4.79 Å². The highest BCUT2D eigenvalue weighted by Crippen LogP contribution is 2.31. The zero-order chi connectivity index (χ0) is 12.7.